The quantitative estimate of drug-likeness (QED) is 0.0887. The van der Waals surface area contributed by atoms with E-state index >= 15 is 0 Å². The van der Waals surface area contributed by atoms with Crippen molar-refractivity contribution in [2.45, 2.75) is 51.6 Å². The molecule has 0 radical (unpaired) electrons. The maximum Gasteiger partial charge on any atom is 0.226 e. The Balaban J connectivity index is 1.62. The fraction of sp³-hybridized carbons (Fsp3) is 0.429. The molecule has 3 aromatic rings. The van der Waals surface area contributed by atoms with Crippen molar-refractivity contribution in [3.8, 4) is 16.9 Å². The van der Waals surface area contributed by atoms with Crippen LogP contribution >= 0.6 is 0 Å². The summed E-state index contributed by atoms with van der Waals surface area (Å²) in [5.74, 6) is 0.680. The molecule has 4 N–H and O–H groups in total. The van der Waals surface area contributed by atoms with E-state index in [4.69, 9.17) is 14.9 Å². The first-order valence-corrected chi connectivity index (χ1v) is 15.3. The number of rotatable bonds is 18. The van der Waals surface area contributed by atoms with Gasteiger partial charge < -0.3 is 25.0 Å². The van der Waals surface area contributed by atoms with Crippen LogP contribution in [-0.4, -0.2) is 64.3 Å². The van der Waals surface area contributed by atoms with Gasteiger partial charge in [-0.15, -0.1) is 0 Å². The zero-order valence-corrected chi connectivity index (χ0v) is 26.2. The second-order valence-electron chi connectivity index (χ2n) is 10.9. The summed E-state index contributed by atoms with van der Waals surface area (Å²) in [5, 5.41) is 17.1. The van der Waals surface area contributed by atoms with Gasteiger partial charge in [-0.05, 0) is 55.3 Å². The Hall–Kier alpha value is -3.72. The van der Waals surface area contributed by atoms with Gasteiger partial charge >= 0.3 is 0 Å². The summed E-state index contributed by atoms with van der Waals surface area (Å²) in [6, 6.07) is 25.6. The number of benzene rings is 3. The van der Waals surface area contributed by atoms with E-state index < -0.39 is 0 Å². The summed E-state index contributed by atoms with van der Waals surface area (Å²) >= 11 is 0. The maximum absolute atomic E-state index is 12.4. The lowest BCUT2D eigenvalue weighted by Crippen LogP contribution is -2.40. The predicted octanol–water partition coefficient (Wildman–Crippen LogP) is 5.53. The molecular weight excluding hydrogens is 538 g/mol. The molecule has 0 fully saturated rings. The average molecular weight is 588 g/mol. The van der Waals surface area contributed by atoms with Crippen molar-refractivity contribution in [3.05, 3.63) is 89.5 Å². The van der Waals surface area contributed by atoms with Crippen LogP contribution in [0.2, 0.25) is 0 Å². The van der Waals surface area contributed by atoms with E-state index in [1.165, 1.54) is 11.1 Å². The number of nitrogens with zero attached hydrogens (tertiary/aromatic N) is 1. The molecule has 3 aromatic carbocycles. The number of hydrogen-bond acceptors (Lipinski definition) is 6. The first-order valence-electron chi connectivity index (χ1n) is 15.3. The van der Waals surface area contributed by atoms with Crippen LogP contribution in [0.5, 0.6) is 5.75 Å². The molecule has 0 saturated carbocycles. The number of likely N-dealkylation sites (N-methyl/N-ethyl adjacent to an activating group) is 1. The predicted molar refractivity (Wildman–Crippen MR) is 176 cm³/mol. The zero-order chi connectivity index (χ0) is 30.9. The van der Waals surface area contributed by atoms with Crippen molar-refractivity contribution in [2.75, 3.05) is 47.5 Å². The molecule has 0 aliphatic heterocycles. The molecule has 8 nitrogen and oxygen atoms in total. The summed E-state index contributed by atoms with van der Waals surface area (Å²) in [4.78, 5) is 14.6. The third kappa shape index (κ3) is 11.8. The maximum atomic E-state index is 12.4. The molecule has 1 atom stereocenters. The molecule has 1 amide bonds. The standard InChI is InChI=1S/C35H49N5O3/c1-5-6-21-38-35(36)39-34(41)20-16-27-15-19-31(33(24-27)43-23-10-22-42-4)29-17-13-28(14-18-29)25-37-26-32(40(2)3)30-11-8-7-9-12-30/h7-9,11-15,17-19,24,32,37H,5-6,10,16,20-23,25-26H2,1-4H3,(H3,36,38,39,41). The Kier molecular flexibility index (Phi) is 14.7. The van der Waals surface area contributed by atoms with E-state index in [1.54, 1.807) is 7.11 Å². The van der Waals surface area contributed by atoms with Crippen LogP contribution in [0, 0.1) is 5.41 Å². The summed E-state index contributed by atoms with van der Waals surface area (Å²) in [6.45, 7) is 5.59. The fourth-order valence-electron chi connectivity index (χ4n) is 4.79. The number of unbranched alkanes of at least 4 members (excludes halogenated alkanes) is 1. The number of carbonyl (C=O) groups excluding carboxylic acids is 1. The monoisotopic (exact) mass is 587 g/mol. The average Bonchev–Trinajstić information content (AvgIpc) is 3.01. The van der Waals surface area contributed by atoms with Crippen LogP contribution in [0.3, 0.4) is 0 Å². The molecule has 0 bridgehead atoms. The zero-order valence-electron chi connectivity index (χ0n) is 26.2. The first kappa shape index (κ1) is 33.8. The molecular formula is C35H49N5O3. The van der Waals surface area contributed by atoms with E-state index in [9.17, 15) is 4.79 Å². The van der Waals surface area contributed by atoms with Gasteiger partial charge in [0.1, 0.15) is 5.75 Å². The highest BCUT2D eigenvalue weighted by Crippen LogP contribution is 2.32. The molecule has 0 heterocycles. The highest BCUT2D eigenvalue weighted by atomic mass is 16.5. The van der Waals surface area contributed by atoms with Crippen molar-refractivity contribution < 1.29 is 14.3 Å². The van der Waals surface area contributed by atoms with E-state index in [2.05, 4.69) is 109 Å². The van der Waals surface area contributed by atoms with Crippen LogP contribution in [0.25, 0.3) is 11.1 Å². The number of amides is 1. The number of hydrogen-bond donors (Lipinski definition) is 4. The van der Waals surface area contributed by atoms with Crippen LogP contribution in [0.4, 0.5) is 0 Å². The Morgan fingerprint density at radius 2 is 1.70 bits per heavy atom. The van der Waals surface area contributed by atoms with E-state index in [1.807, 2.05) is 6.07 Å². The second kappa shape index (κ2) is 18.7. The number of ether oxygens (including phenoxy) is 2. The molecule has 8 heteroatoms. The Bertz CT molecular complexity index is 1250. The van der Waals surface area contributed by atoms with E-state index in [-0.39, 0.29) is 11.9 Å². The van der Waals surface area contributed by atoms with Crippen molar-refractivity contribution in [2.24, 2.45) is 0 Å². The van der Waals surface area contributed by atoms with Crippen LogP contribution in [0.1, 0.15) is 55.3 Å². The van der Waals surface area contributed by atoms with Crippen LogP contribution in [0.15, 0.2) is 72.8 Å². The highest BCUT2D eigenvalue weighted by molar-refractivity contribution is 5.95. The Morgan fingerprint density at radius 1 is 0.953 bits per heavy atom. The van der Waals surface area contributed by atoms with Crippen molar-refractivity contribution in [1.82, 2.24) is 20.9 Å². The van der Waals surface area contributed by atoms with Gasteiger partial charge in [-0.3, -0.25) is 15.5 Å². The Morgan fingerprint density at radius 3 is 2.40 bits per heavy atom. The summed E-state index contributed by atoms with van der Waals surface area (Å²) in [6.07, 6.45) is 3.64. The van der Waals surface area contributed by atoms with Crippen molar-refractivity contribution in [3.63, 3.8) is 0 Å². The second-order valence-corrected chi connectivity index (χ2v) is 10.9. The molecule has 0 saturated heterocycles. The normalized spacial score (nSPS) is 11.7. The summed E-state index contributed by atoms with van der Waals surface area (Å²) in [7, 11) is 5.92. The molecule has 1 unspecified atom stereocenters. The molecule has 0 aliphatic carbocycles. The molecule has 0 spiro atoms. The van der Waals surface area contributed by atoms with Crippen molar-refractivity contribution >= 4 is 11.9 Å². The van der Waals surface area contributed by atoms with Gasteiger partial charge in [0.15, 0.2) is 5.96 Å². The van der Waals surface area contributed by atoms with Gasteiger partial charge in [-0.2, -0.15) is 0 Å². The summed E-state index contributed by atoms with van der Waals surface area (Å²) in [5.41, 5.74) is 5.63. The molecule has 43 heavy (non-hydrogen) atoms. The summed E-state index contributed by atoms with van der Waals surface area (Å²) < 4.78 is 11.4. The number of carbonyl (C=O) groups is 1. The topological polar surface area (TPSA) is 98.7 Å². The van der Waals surface area contributed by atoms with Gasteiger partial charge in [0, 0.05) is 57.8 Å². The third-order valence-corrected chi connectivity index (χ3v) is 7.27. The van der Waals surface area contributed by atoms with Gasteiger partial charge in [0.2, 0.25) is 5.91 Å². The van der Waals surface area contributed by atoms with Gasteiger partial charge in [-0.25, -0.2) is 0 Å². The molecule has 3 rings (SSSR count). The van der Waals surface area contributed by atoms with Crippen LogP contribution in [-0.2, 0) is 22.5 Å². The van der Waals surface area contributed by atoms with Gasteiger partial charge in [-0.1, -0.05) is 80.1 Å². The number of methoxy groups -OCH3 is 1. The SMILES string of the molecule is CCCCNC(=N)NC(=O)CCc1ccc(-c2ccc(CNCC(c3ccccc3)N(C)C)cc2)c(OCCCOC)c1. The lowest BCUT2D eigenvalue weighted by atomic mass is 9.99. The first-order chi connectivity index (χ1) is 20.9. The lowest BCUT2D eigenvalue weighted by Gasteiger charge is -2.25. The number of aryl methyl sites for hydroxylation is 1. The smallest absolute Gasteiger partial charge is 0.226 e. The lowest BCUT2D eigenvalue weighted by molar-refractivity contribution is -0.119. The third-order valence-electron chi connectivity index (χ3n) is 7.27. The van der Waals surface area contributed by atoms with E-state index in [0.717, 1.165) is 54.8 Å². The molecule has 0 aromatic heterocycles. The minimum atomic E-state index is -0.175. The van der Waals surface area contributed by atoms with Gasteiger partial charge in [0.25, 0.3) is 0 Å². The number of guanidine groups is 1. The largest absolute Gasteiger partial charge is 0.493 e. The van der Waals surface area contributed by atoms with Crippen molar-refractivity contribution in [1.29, 1.82) is 5.41 Å². The number of nitrogens with one attached hydrogen (secondary N) is 4. The minimum Gasteiger partial charge on any atom is -0.493 e. The van der Waals surface area contributed by atoms with E-state index in [0.29, 0.717) is 38.6 Å². The molecule has 0 aliphatic rings. The highest BCUT2D eigenvalue weighted by Gasteiger charge is 2.14. The minimum absolute atomic E-state index is 0.0586. The van der Waals surface area contributed by atoms with Gasteiger partial charge in [0.05, 0.1) is 6.61 Å². The Labute approximate surface area is 257 Å². The fourth-order valence-corrected chi connectivity index (χ4v) is 4.79. The molecule has 232 valence electrons. The van der Waals surface area contributed by atoms with Crippen LogP contribution < -0.4 is 20.7 Å².